The molecule has 4 aromatic rings. The number of halogens is 2. The van der Waals surface area contributed by atoms with Gasteiger partial charge in [0.05, 0.1) is 29.1 Å². The van der Waals surface area contributed by atoms with Crippen molar-refractivity contribution in [3.8, 4) is 0 Å². The van der Waals surface area contributed by atoms with Gasteiger partial charge in [-0.05, 0) is 122 Å². The smallest absolute Gasteiger partial charge is 0.284 e. The third-order valence-corrected chi connectivity index (χ3v) is 13.9. The number of piperidine rings is 2. The topological polar surface area (TPSA) is 179 Å². The third kappa shape index (κ3) is 8.21. The van der Waals surface area contributed by atoms with E-state index in [1.165, 1.54) is 16.9 Å². The molecule has 3 aliphatic heterocycles. The number of hydrogen-bond donors (Lipinski definition) is 3. The Hall–Kier alpha value is -5.62. The van der Waals surface area contributed by atoms with Crippen LogP contribution in [-0.4, -0.2) is 120 Å². The molecule has 6 heterocycles. The van der Waals surface area contributed by atoms with E-state index in [1.807, 2.05) is 6.07 Å². The number of hydrogen-bond acceptors (Lipinski definition) is 11. The van der Waals surface area contributed by atoms with E-state index in [1.54, 1.807) is 29.1 Å². The number of alkyl halides is 2. The second kappa shape index (κ2) is 17.3. The molecule has 5 aliphatic rings. The zero-order valence-corrected chi connectivity index (χ0v) is 35.1. The van der Waals surface area contributed by atoms with Gasteiger partial charge in [0, 0.05) is 54.7 Å². The van der Waals surface area contributed by atoms with Crippen LogP contribution in [0.1, 0.15) is 138 Å². The Kier molecular flexibility index (Phi) is 11.6. The van der Waals surface area contributed by atoms with Crippen molar-refractivity contribution in [2.45, 2.75) is 114 Å². The molecule has 9 rings (SSSR count). The van der Waals surface area contributed by atoms with E-state index in [2.05, 4.69) is 50.0 Å². The lowest BCUT2D eigenvalue weighted by Gasteiger charge is -2.38. The van der Waals surface area contributed by atoms with Gasteiger partial charge >= 0.3 is 0 Å². The van der Waals surface area contributed by atoms with E-state index in [-0.39, 0.29) is 53.2 Å². The van der Waals surface area contributed by atoms with Gasteiger partial charge in [0.25, 0.3) is 24.1 Å². The number of aromatic nitrogens is 5. The molecule has 3 aromatic heterocycles. The molecule has 1 atom stereocenters. The molecular formula is C44H53F2N11O5. The zero-order chi connectivity index (χ0) is 43.2. The molecule has 1 aromatic carbocycles. The Morgan fingerprint density at radius 2 is 1.69 bits per heavy atom. The predicted molar refractivity (Wildman–Crippen MR) is 224 cm³/mol. The Morgan fingerprint density at radius 1 is 0.935 bits per heavy atom. The number of carbonyl (C=O) groups is 5. The molecule has 16 nitrogen and oxygen atoms in total. The normalized spacial score (nSPS) is 25.2. The highest BCUT2D eigenvalue weighted by atomic mass is 19.3. The van der Waals surface area contributed by atoms with Crippen LogP contribution in [0.4, 0.5) is 20.2 Å². The number of nitrogens with zero attached hydrogens (tertiary/aromatic N) is 8. The van der Waals surface area contributed by atoms with Gasteiger partial charge < -0.3 is 20.4 Å². The number of amides is 5. The number of imide groups is 2. The quantitative estimate of drug-likeness (QED) is 0.164. The van der Waals surface area contributed by atoms with Crippen molar-refractivity contribution in [1.29, 1.82) is 0 Å². The van der Waals surface area contributed by atoms with Gasteiger partial charge in [0.15, 0.2) is 11.3 Å². The third-order valence-electron chi connectivity index (χ3n) is 13.9. The summed E-state index contributed by atoms with van der Waals surface area (Å²) in [6, 6.07) is 6.49. The summed E-state index contributed by atoms with van der Waals surface area (Å²) in [5, 5.41) is 17.1. The summed E-state index contributed by atoms with van der Waals surface area (Å²) in [7, 11) is 4.26. The summed E-state index contributed by atoms with van der Waals surface area (Å²) in [5.74, 6) is -1.91. The molecule has 5 amide bonds. The first-order chi connectivity index (χ1) is 29.9. The highest BCUT2D eigenvalue weighted by Crippen LogP contribution is 2.38. The highest BCUT2D eigenvalue weighted by molar-refractivity contribution is 6.25. The van der Waals surface area contributed by atoms with Crippen LogP contribution in [0.15, 0.2) is 42.9 Å². The van der Waals surface area contributed by atoms with Crippen molar-refractivity contribution in [2.75, 3.05) is 44.4 Å². The molecule has 0 bridgehead atoms. The maximum atomic E-state index is 14.3. The van der Waals surface area contributed by atoms with Crippen LogP contribution in [-0.2, 0) is 9.59 Å². The monoisotopic (exact) mass is 853 g/mol. The van der Waals surface area contributed by atoms with Gasteiger partial charge in [-0.15, -0.1) is 0 Å². The predicted octanol–water partition coefficient (Wildman–Crippen LogP) is 5.41. The number of nitrogens with one attached hydrogen (secondary N) is 3. The van der Waals surface area contributed by atoms with Crippen molar-refractivity contribution < 1.29 is 32.8 Å². The van der Waals surface area contributed by atoms with Crippen molar-refractivity contribution in [2.24, 2.45) is 5.92 Å². The van der Waals surface area contributed by atoms with Gasteiger partial charge in [-0.2, -0.15) is 10.2 Å². The molecule has 328 valence electrons. The Labute approximate surface area is 357 Å². The van der Waals surface area contributed by atoms with E-state index in [0.29, 0.717) is 23.3 Å². The van der Waals surface area contributed by atoms with Crippen molar-refractivity contribution in [1.82, 2.24) is 44.4 Å². The average Bonchev–Trinajstić information content (AvgIpc) is 3.96. The molecule has 18 heteroatoms. The molecule has 62 heavy (non-hydrogen) atoms. The van der Waals surface area contributed by atoms with E-state index < -0.39 is 47.7 Å². The van der Waals surface area contributed by atoms with E-state index in [9.17, 15) is 32.8 Å². The van der Waals surface area contributed by atoms with E-state index in [0.717, 1.165) is 94.4 Å². The highest BCUT2D eigenvalue weighted by Gasteiger charge is 2.46. The number of anilines is 2. The summed E-state index contributed by atoms with van der Waals surface area (Å²) in [4.78, 5) is 75.2. The second-order valence-electron chi connectivity index (χ2n) is 17.9. The zero-order valence-electron chi connectivity index (χ0n) is 35.1. The minimum Gasteiger partial charge on any atom is -0.382 e. The Balaban J connectivity index is 0.766. The lowest BCUT2D eigenvalue weighted by molar-refractivity contribution is -0.136. The van der Waals surface area contributed by atoms with Crippen LogP contribution in [0.3, 0.4) is 0 Å². The Morgan fingerprint density at radius 3 is 2.42 bits per heavy atom. The first kappa shape index (κ1) is 41.7. The van der Waals surface area contributed by atoms with Gasteiger partial charge in [0.1, 0.15) is 11.6 Å². The number of rotatable bonds is 11. The van der Waals surface area contributed by atoms with Gasteiger partial charge in [-0.3, -0.25) is 38.9 Å². The largest absolute Gasteiger partial charge is 0.382 e. The second-order valence-corrected chi connectivity index (χ2v) is 17.9. The molecule has 2 saturated carbocycles. The summed E-state index contributed by atoms with van der Waals surface area (Å²) >= 11 is 0. The Bertz CT molecular complexity index is 2380. The van der Waals surface area contributed by atoms with Crippen LogP contribution < -0.4 is 16.0 Å². The van der Waals surface area contributed by atoms with Crippen LogP contribution >= 0.6 is 0 Å². The van der Waals surface area contributed by atoms with Crippen LogP contribution in [0.25, 0.3) is 5.65 Å². The number of benzene rings is 1. The lowest BCUT2D eigenvalue weighted by atomic mass is 9.84. The molecule has 0 radical (unpaired) electrons. The molecule has 3 N–H and O–H groups in total. The average molecular weight is 854 g/mol. The van der Waals surface area contributed by atoms with Crippen molar-refractivity contribution in [3.63, 3.8) is 0 Å². The molecular weight excluding hydrogens is 801 g/mol. The summed E-state index contributed by atoms with van der Waals surface area (Å²) < 4.78 is 31.8. The molecule has 2 aliphatic carbocycles. The van der Waals surface area contributed by atoms with Crippen molar-refractivity contribution in [3.05, 3.63) is 70.9 Å². The molecule has 4 fully saturated rings. The first-order valence-electron chi connectivity index (χ1n) is 21.9. The lowest BCUT2D eigenvalue weighted by Crippen LogP contribution is -2.54. The SMILES string of the molecule is CN1CCC(c2ccn3ncc(C(=O)Nc4cn(C5CCC(CN(C)[C@H]6CC[C@H](Nc7cccc8c7C(=O)N(C7CCC(=O)NC7=O)C8=O)CC6)CC5)nc4C(F)F)c3n2)CC1. The molecule has 1 unspecified atom stereocenters. The van der Waals surface area contributed by atoms with Gasteiger partial charge in [0.2, 0.25) is 11.8 Å². The number of likely N-dealkylation sites (tertiary alicyclic amines) is 1. The van der Waals surface area contributed by atoms with Crippen LogP contribution in [0.5, 0.6) is 0 Å². The van der Waals surface area contributed by atoms with Crippen molar-refractivity contribution >= 4 is 46.6 Å². The van der Waals surface area contributed by atoms with Gasteiger partial charge in [-0.1, -0.05) is 6.07 Å². The van der Waals surface area contributed by atoms with Crippen LogP contribution in [0.2, 0.25) is 0 Å². The fraction of sp³-hybridized carbons (Fsp3) is 0.545. The van der Waals surface area contributed by atoms with E-state index >= 15 is 0 Å². The van der Waals surface area contributed by atoms with E-state index in [4.69, 9.17) is 4.98 Å². The minimum atomic E-state index is -2.87. The minimum absolute atomic E-state index is 0.00583. The molecule has 0 spiro atoms. The summed E-state index contributed by atoms with van der Waals surface area (Å²) in [5.41, 5.74) is 2.17. The standard InChI is InChI=1S/C44H53F2N11O5/c1-53-19-16-26(17-20-53)32-18-21-55-40(49-32)31(22-47-55)41(59)50-34-24-56(52-38(34)39(45)46)29-10-6-25(7-11-29)23-54(2)28-12-8-27(9-13-28)48-33-5-3-4-30-37(33)44(62)57(43(30)61)35-14-15-36(58)51-42(35)60/h3-5,18,21-22,24-29,35,39,48H,6-17,19-20,23H2,1-2H3,(H,50,59)(H,51,58,60)/t25?,27-,28-,29?,35?. The summed E-state index contributed by atoms with van der Waals surface area (Å²) in [6.45, 7) is 2.86. The molecule has 2 saturated heterocycles. The maximum Gasteiger partial charge on any atom is 0.284 e. The number of carbonyl (C=O) groups excluding carboxylic acids is 5. The van der Waals surface area contributed by atoms with Gasteiger partial charge in [-0.25, -0.2) is 18.3 Å². The first-order valence-corrected chi connectivity index (χ1v) is 21.9. The fourth-order valence-electron chi connectivity index (χ4n) is 10.3. The fourth-order valence-corrected chi connectivity index (χ4v) is 10.3. The summed E-state index contributed by atoms with van der Waals surface area (Å²) in [6.07, 6.45) is 11.1. The maximum absolute atomic E-state index is 14.3. The van der Waals surface area contributed by atoms with Crippen LogP contribution in [0, 0.1) is 5.92 Å². The number of fused-ring (bicyclic) bond motifs is 2.